The van der Waals surface area contributed by atoms with Crippen LogP contribution in [0.25, 0.3) is 0 Å². The number of hydrogen-bond donors (Lipinski definition) is 0. The molecule has 4 heteroatoms. The molecule has 0 spiro atoms. The highest BCUT2D eigenvalue weighted by atomic mass is 32.2. The largest absolute Gasteiger partial charge is 0.296 e. The molecule has 0 N–H and O–H groups in total. The van der Waals surface area contributed by atoms with Gasteiger partial charge in [-0.15, -0.1) is 11.8 Å². The Balaban J connectivity index is 2.26. The molecule has 1 nitrogen and oxygen atoms in total. The first kappa shape index (κ1) is 11.2. The van der Waals surface area contributed by atoms with Crippen molar-refractivity contribution in [2.45, 2.75) is 12.2 Å². The maximum atomic E-state index is 11.8. The van der Waals surface area contributed by atoms with Crippen molar-refractivity contribution < 1.29 is 13.6 Å². The summed E-state index contributed by atoms with van der Waals surface area (Å²) in [6, 6.07) is 9.45. The van der Waals surface area contributed by atoms with Gasteiger partial charge in [0.05, 0.1) is 5.75 Å². The molecule has 14 heavy (non-hydrogen) atoms. The molecule has 0 atom stereocenters. The quantitative estimate of drug-likeness (QED) is 0.752. The Labute approximate surface area is 85.5 Å². The minimum absolute atomic E-state index is 0.118. The highest BCUT2D eigenvalue weighted by Crippen LogP contribution is 2.12. The Bertz CT molecular complexity index is 287. The lowest BCUT2D eigenvalue weighted by molar-refractivity contribution is -0.126. The third kappa shape index (κ3) is 3.87. The minimum Gasteiger partial charge on any atom is -0.292 e. The number of rotatable bonds is 5. The van der Waals surface area contributed by atoms with E-state index in [1.54, 1.807) is 0 Å². The second-order valence-corrected chi connectivity index (χ2v) is 3.73. The molecule has 0 aliphatic rings. The molecule has 1 aromatic carbocycles. The number of carbonyl (C=O) groups is 1. The molecule has 0 heterocycles. The van der Waals surface area contributed by atoms with Crippen LogP contribution in [0.5, 0.6) is 0 Å². The van der Waals surface area contributed by atoms with E-state index >= 15 is 0 Å². The van der Waals surface area contributed by atoms with Gasteiger partial charge in [-0.2, -0.15) is 0 Å². The molecule has 0 aliphatic carbocycles. The molecular formula is C10H10F2OS. The molecule has 0 saturated carbocycles. The maximum Gasteiger partial charge on any atom is 0.296 e. The third-order valence-electron chi connectivity index (χ3n) is 1.60. The van der Waals surface area contributed by atoms with Crippen LogP contribution in [0.15, 0.2) is 30.3 Å². The molecule has 0 aliphatic heterocycles. The Morgan fingerprint density at radius 3 is 2.50 bits per heavy atom. The minimum atomic E-state index is -2.83. The Morgan fingerprint density at radius 2 is 1.93 bits per heavy atom. The van der Waals surface area contributed by atoms with Gasteiger partial charge in [-0.05, 0) is 5.56 Å². The van der Waals surface area contributed by atoms with Gasteiger partial charge in [-0.1, -0.05) is 30.3 Å². The number of hydrogen-bond acceptors (Lipinski definition) is 2. The van der Waals surface area contributed by atoms with Crippen LogP contribution < -0.4 is 0 Å². The number of ketones is 1. The van der Waals surface area contributed by atoms with E-state index < -0.39 is 12.2 Å². The number of benzene rings is 1. The molecule has 0 unspecified atom stereocenters. The molecule has 0 fully saturated rings. The summed E-state index contributed by atoms with van der Waals surface area (Å²) in [5, 5.41) is 0. The summed E-state index contributed by atoms with van der Waals surface area (Å²) >= 11 is 1.21. The number of alkyl halides is 2. The van der Waals surface area contributed by atoms with E-state index in [0.717, 1.165) is 5.56 Å². The van der Waals surface area contributed by atoms with Crippen LogP contribution in [0.1, 0.15) is 5.56 Å². The predicted octanol–water partition coefficient (Wildman–Crippen LogP) is 2.75. The summed E-state index contributed by atoms with van der Waals surface area (Å²) in [4.78, 5) is 10.6. The number of Topliss-reactive ketones (excluding diaryl/α,β-unsaturated/α-hetero) is 1. The van der Waals surface area contributed by atoms with Crippen LogP contribution in [0, 0.1) is 0 Å². The molecule has 76 valence electrons. The molecule has 0 amide bonds. The van der Waals surface area contributed by atoms with Crippen molar-refractivity contribution in [3.05, 3.63) is 35.9 Å². The van der Waals surface area contributed by atoms with E-state index in [-0.39, 0.29) is 5.75 Å². The summed E-state index contributed by atoms with van der Waals surface area (Å²) in [6.07, 6.45) is -2.83. The zero-order valence-electron chi connectivity index (χ0n) is 7.45. The summed E-state index contributed by atoms with van der Waals surface area (Å²) in [5.41, 5.74) is 1.04. The smallest absolute Gasteiger partial charge is 0.292 e. The van der Waals surface area contributed by atoms with Gasteiger partial charge >= 0.3 is 0 Å². The van der Waals surface area contributed by atoms with Gasteiger partial charge in [0.25, 0.3) is 6.43 Å². The van der Waals surface area contributed by atoms with Gasteiger partial charge in [0.1, 0.15) is 0 Å². The van der Waals surface area contributed by atoms with Crippen LogP contribution in [-0.2, 0) is 10.5 Å². The summed E-state index contributed by atoms with van der Waals surface area (Å²) in [6.45, 7) is 0. The van der Waals surface area contributed by atoms with Crippen molar-refractivity contribution in [3.63, 3.8) is 0 Å². The highest BCUT2D eigenvalue weighted by molar-refractivity contribution is 7.99. The summed E-state index contributed by atoms with van der Waals surface area (Å²) < 4.78 is 23.6. The van der Waals surface area contributed by atoms with E-state index in [9.17, 15) is 13.6 Å². The molecule has 1 aromatic rings. The van der Waals surface area contributed by atoms with E-state index in [1.807, 2.05) is 30.3 Å². The van der Waals surface area contributed by atoms with Crippen molar-refractivity contribution in [1.82, 2.24) is 0 Å². The molecule has 1 rings (SSSR count). The molecular weight excluding hydrogens is 206 g/mol. The molecule has 0 saturated heterocycles. The van der Waals surface area contributed by atoms with Gasteiger partial charge in [-0.3, -0.25) is 4.79 Å². The monoisotopic (exact) mass is 216 g/mol. The van der Waals surface area contributed by atoms with Crippen LogP contribution >= 0.6 is 11.8 Å². The number of carbonyl (C=O) groups excluding carboxylic acids is 1. The Hall–Kier alpha value is -0.900. The lowest BCUT2D eigenvalue weighted by atomic mass is 10.2. The van der Waals surface area contributed by atoms with Crippen molar-refractivity contribution in [2.24, 2.45) is 0 Å². The maximum absolute atomic E-state index is 11.8. The Morgan fingerprint density at radius 1 is 1.29 bits per heavy atom. The van der Waals surface area contributed by atoms with Crippen molar-refractivity contribution in [2.75, 3.05) is 5.75 Å². The van der Waals surface area contributed by atoms with E-state index in [0.29, 0.717) is 5.75 Å². The van der Waals surface area contributed by atoms with Gasteiger partial charge in [0, 0.05) is 5.75 Å². The standard InChI is InChI=1S/C10H10F2OS/c11-10(12)9(13)7-14-6-8-4-2-1-3-5-8/h1-5,10H,6-7H2. The van der Waals surface area contributed by atoms with Gasteiger partial charge < -0.3 is 0 Å². The average Bonchev–Trinajstić information content (AvgIpc) is 2.19. The zero-order chi connectivity index (χ0) is 10.4. The van der Waals surface area contributed by atoms with Gasteiger partial charge in [0.15, 0.2) is 0 Å². The fourth-order valence-corrected chi connectivity index (χ4v) is 1.76. The van der Waals surface area contributed by atoms with E-state index in [1.165, 1.54) is 11.8 Å². The second-order valence-electron chi connectivity index (χ2n) is 2.75. The van der Waals surface area contributed by atoms with Crippen LogP contribution in [0.4, 0.5) is 8.78 Å². The molecule has 0 aromatic heterocycles. The predicted molar refractivity (Wildman–Crippen MR) is 53.6 cm³/mol. The first-order valence-corrected chi connectivity index (χ1v) is 5.28. The lowest BCUT2D eigenvalue weighted by Gasteiger charge is -2.00. The van der Waals surface area contributed by atoms with Crippen LogP contribution in [0.2, 0.25) is 0 Å². The highest BCUT2D eigenvalue weighted by Gasteiger charge is 2.14. The van der Waals surface area contributed by atoms with Crippen molar-refractivity contribution >= 4 is 17.5 Å². The first-order valence-electron chi connectivity index (χ1n) is 4.12. The topological polar surface area (TPSA) is 17.1 Å². The third-order valence-corrected chi connectivity index (χ3v) is 2.63. The SMILES string of the molecule is O=C(CSCc1ccccc1)C(F)F. The van der Waals surface area contributed by atoms with Crippen LogP contribution in [-0.4, -0.2) is 18.0 Å². The summed E-state index contributed by atoms with van der Waals surface area (Å²) in [5.74, 6) is -0.516. The lowest BCUT2D eigenvalue weighted by Crippen LogP contribution is -2.12. The molecule has 0 bridgehead atoms. The summed E-state index contributed by atoms with van der Waals surface area (Å²) in [7, 11) is 0. The Kier molecular flexibility index (Phi) is 4.59. The van der Waals surface area contributed by atoms with Gasteiger partial charge in [0.2, 0.25) is 5.78 Å². The zero-order valence-corrected chi connectivity index (χ0v) is 8.27. The van der Waals surface area contributed by atoms with Crippen molar-refractivity contribution in [3.8, 4) is 0 Å². The fraction of sp³-hybridized carbons (Fsp3) is 0.300. The normalized spacial score (nSPS) is 10.5. The van der Waals surface area contributed by atoms with Gasteiger partial charge in [-0.25, -0.2) is 8.78 Å². The number of halogens is 2. The number of thioether (sulfide) groups is 1. The van der Waals surface area contributed by atoms with E-state index in [4.69, 9.17) is 0 Å². The fourth-order valence-electron chi connectivity index (χ4n) is 0.907. The molecule has 0 radical (unpaired) electrons. The van der Waals surface area contributed by atoms with Crippen LogP contribution in [0.3, 0.4) is 0 Å². The van der Waals surface area contributed by atoms with Crippen molar-refractivity contribution in [1.29, 1.82) is 0 Å². The average molecular weight is 216 g/mol. The second kappa shape index (κ2) is 5.75. The van der Waals surface area contributed by atoms with E-state index in [2.05, 4.69) is 0 Å². The first-order chi connectivity index (χ1) is 6.70.